The molecule has 0 saturated heterocycles. The summed E-state index contributed by atoms with van der Waals surface area (Å²) in [5.41, 5.74) is 2.65. The number of rotatable bonds is 8. The van der Waals surface area contributed by atoms with Crippen molar-refractivity contribution >= 4 is 29.1 Å². The minimum Gasteiger partial charge on any atom is -0.384 e. The molecule has 0 amide bonds. The van der Waals surface area contributed by atoms with Gasteiger partial charge in [0.1, 0.15) is 0 Å². The SMILES string of the molecule is C=C(S/C(C)=C\C)/C(C(=O)C(C)C)=C(/C)NCc1ccc(Cl)cc1. The van der Waals surface area contributed by atoms with Crippen LogP contribution >= 0.6 is 23.4 Å². The summed E-state index contributed by atoms with van der Waals surface area (Å²) in [6.07, 6.45) is 2.02. The molecule has 0 fully saturated rings. The molecule has 1 aromatic rings. The fourth-order valence-electron chi connectivity index (χ4n) is 2.05. The van der Waals surface area contributed by atoms with Crippen LogP contribution in [-0.2, 0) is 11.3 Å². The molecule has 0 aromatic heterocycles. The highest BCUT2D eigenvalue weighted by molar-refractivity contribution is 8.06. The van der Waals surface area contributed by atoms with Gasteiger partial charge >= 0.3 is 0 Å². The number of carbonyl (C=O) groups excluding carboxylic acids is 1. The van der Waals surface area contributed by atoms with Crippen LogP contribution in [-0.4, -0.2) is 5.78 Å². The number of ketones is 1. The average molecular weight is 364 g/mol. The lowest BCUT2D eigenvalue weighted by Gasteiger charge is -2.17. The van der Waals surface area contributed by atoms with E-state index in [1.807, 2.05) is 65.0 Å². The normalized spacial score (nSPS) is 12.9. The Morgan fingerprint density at radius 1 is 1.29 bits per heavy atom. The Balaban J connectivity index is 3.01. The Bertz CT molecular complexity index is 657. The largest absolute Gasteiger partial charge is 0.384 e. The molecule has 1 aromatic carbocycles. The zero-order valence-electron chi connectivity index (χ0n) is 15.1. The zero-order chi connectivity index (χ0) is 18.3. The van der Waals surface area contributed by atoms with Gasteiger partial charge < -0.3 is 5.32 Å². The van der Waals surface area contributed by atoms with Crippen LogP contribution in [0.5, 0.6) is 0 Å². The summed E-state index contributed by atoms with van der Waals surface area (Å²) in [6, 6.07) is 7.67. The van der Waals surface area contributed by atoms with E-state index in [2.05, 4.69) is 11.9 Å². The second-order valence-electron chi connectivity index (χ2n) is 5.92. The Morgan fingerprint density at radius 3 is 2.38 bits per heavy atom. The first-order valence-corrected chi connectivity index (χ1v) is 9.19. The number of thioether (sulfide) groups is 1. The van der Waals surface area contributed by atoms with Gasteiger partial charge in [-0.1, -0.05) is 62.0 Å². The second kappa shape index (κ2) is 9.75. The Morgan fingerprint density at radius 2 is 1.88 bits per heavy atom. The maximum Gasteiger partial charge on any atom is 0.168 e. The van der Waals surface area contributed by atoms with E-state index in [1.54, 1.807) is 0 Å². The fraction of sp³-hybridized carbons (Fsp3) is 0.350. The molecule has 1 N–H and O–H groups in total. The van der Waals surface area contributed by atoms with Crippen molar-refractivity contribution in [3.8, 4) is 0 Å². The predicted octanol–water partition coefficient (Wildman–Crippen LogP) is 6.10. The molecular weight excluding hydrogens is 338 g/mol. The van der Waals surface area contributed by atoms with Crippen LogP contribution in [0.1, 0.15) is 40.2 Å². The smallest absolute Gasteiger partial charge is 0.168 e. The van der Waals surface area contributed by atoms with Crippen LogP contribution in [0.25, 0.3) is 0 Å². The van der Waals surface area contributed by atoms with Crippen molar-refractivity contribution < 1.29 is 4.79 Å². The molecule has 1 rings (SSSR count). The van der Waals surface area contributed by atoms with Crippen molar-refractivity contribution in [2.45, 2.75) is 41.2 Å². The molecule has 4 heteroatoms. The number of nitrogens with one attached hydrogen (secondary N) is 1. The molecule has 0 aliphatic rings. The first-order chi connectivity index (χ1) is 11.3. The average Bonchev–Trinajstić information content (AvgIpc) is 2.54. The van der Waals surface area contributed by atoms with Gasteiger partial charge in [0.2, 0.25) is 0 Å². The van der Waals surface area contributed by atoms with E-state index in [1.165, 1.54) is 11.8 Å². The van der Waals surface area contributed by atoms with Crippen LogP contribution in [0, 0.1) is 5.92 Å². The minimum atomic E-state index is -0.0736. The topological polar surface area (TPSA) is 29.1 Å². The third kappa shape index (κ3) is 6.21. The van der Waals surface area contributed by atoms with E-state index < -0.39 is 0 Å². The molecule has 0 unspecified atom stereocenters. The van der Waals surface area contributed by atoms with E-state index in [4.69, 9.17) is 11.6 Å². The quantitative estimate of drug-likeness (QED) is 0.447. The molecule has 2 nitrogen and oxygen atoms in total. The maximum atomic E-state index is 12.6. The second-order valence-corrected chi connectivity index (χ2v) is 7.70. The van der Waals surface area contributed by atoms with Crippen LogP contribution < -0.4 is 5.32 Å². The number of hydrogen-bond donors (Lipinski definition) is 1. The van der Waals surface area contributed by atoms with Crippen molar-refractivity contribution in [2.75, 3.05) is 0 Å². The molecule has 0 spiro atoms. The number of benzene rings is 1. The molecule has 0 atom stereocenters. The third-order valence-electron chi connectivity index (χ3n) is 3.59. The molecule has 0 radical (unpaired) electrons. The lowest BCUT2D eigenvalue weighted by molar-refractivity contribution is -0.118. The number of allylic oxidation sites excluding steroid dienone is 4. The van der Waals surface area contributed by atoms with Crippen LogP contribution in [0.4, 0.5) is 0 Å². The van der Waals surface area contributed by atoms with Gasteiger partial charge in [0.15, 0.2) is 5.78 Å². The molecule has 130 valence electrons. The van der Waals surface area contributed by atoms with Gasteiger partial charge in [-0.2, -0.15) is 0 Å². The predicted molar refractivity (Wildman–Crippen MR) is 107 cm³/mol. The van der Waals surface area contributed by atoms with E-state index >= 15 is 0 Å². The summed E-state index contributed by atoms with van der Waals surface area (Å²) in [4.78, 5) is 14.6. The summed E-state index contributed by atoms with van der Waals surface area (Å²) in [5.74, 6) is 0.0352. The number of Topliss-reactive ketones (excluding diaryl/α,β-unsaturated/α-hetero) is 1. The van der Waals surface area contributed by atoms with Crippen LogP contribution in [0.2, 0.25) is 5.02 Å². The van der Waals surface area contributed by atoms with E-state index in [0.29, 0.717) is 17.1 Å². The molecule has 24 heavy (non-hydrogen) atoms. The lowest BCUT2D eigenvalue weighted by Crippen LogP contribution is -2.20. The Hall–Kier alpha value is -1.45. The molecule has 0 bridgehead atoms. The highest BCUT2D eigenvalue weighted by Gasteiger charge is 2.20. The standard InChI is InChI=1S/C20H26ClNOS/c1-7-14(4)24-16(6)19(20(23)13(2)3)15(5)22-12-17-8-10-18(21)11-9-17/h7-11,13,22H,6,12H2,1-5H3/b14-7-,19-15+. The first-order valence-electron chi connectivity index (χ1n) is 7.99. The molecular formula is C20H26ClNOS. The first kappa shape index (κ1) is 20.6. The van der Waals surface area contributed by atoms with Gasteiger partial charge in [-0.05, 0) is 43.4 Å². The summed E-state index contributed by atoms with van der Waals surface area (Å²) >= 11 is 7.45. The van der Waals surface area contributed by atoms with Gasteiger partial charge in [-0.25, -0.2) is 0 Å². The molecule has 0 heterocycles. The molecule has 0 aliphatic carbocycles. The van der Waals surface area contributed by atoms with Crippen molar-refractivity contribution in [1.82, 2.24) is 5.32 Å². The highest BCUT2D eigenvalue weighted by Crippen LogP contribution is 2.32. The van der Waals surface area contributed by atoms with E-state index in [9.17, 15) is 4.79 Å². The summed E-state index contributed by atoms with van der Waals surface area (Å²) in [5, 5.41) is 4.06. The lowest BCUT2D eigenvalue weighted by atomic mass is 9.99. The van der Waals surface area contributed by atoms with Crippen LogP contribution in [0.3, 0.4) is 0 Å². The van der Waals surface area contributed by atoms with Crippen LogP contribution in [0.15, 0.2) is 58.0 Å². The highest BCUT2D eigenvalue weighted by atomic mass is 35.5. The van der Waals surface area contributed by atoms with Gasteiger partial charge in [-0.15, -0.1) is 0 Å². The number of hydrogen-bond acceptors (Lipinski definition) is 3. The Kier molecular flexibility index (Phi) is 8.37. The molecule has 0 aliphatic heterocycles. The van der Waals surface area contributed by atoms with Gasteiger partial charge in [0.05, 0.1) is 0 Å². The fourth-order valence-corrected chi connectivity index (χ4v) is 3.04. The van der Waals surface area contributed by atoms with Crippen molar-refractivity contribution in [1.29, 1.82) is 0 Å². The van der Waals surface area contributed by atoms with E-state index in [0.717, 1.165) is 21.1 Å². The monoisotopic (exact) mass is 363 g/mol. The summed E-state index contributed by atoms with van der Waals surface area (Å²) in [7, 11) is 0. The zero-order valence-corrected chi connectivity index (χ0v) is 16.6. The van der Waals surface area contributed by atoms with E-state index in [-0.39, 0.29) is 11.7 Å². The Labute approximate surface area is 155 Å². The summed E-state index contributed by atoms with van der Waals surface area (Å²) in [6.45, 7) is 14.5. The number of carbonyl (C=O) groups is 1. The third-order valence-corrected chi connectivity index (χ3v) is 4.85. The summed E-state index contributed by atoms with van der Waals surface area (Å²) < 4.78 is 0. The van der Waals surface area contributed by atoms with Gasteiger partial charge in [0, 0.05) is 33.7 Å². The van der Waals surface area contributed by atoms with Gasteiger partial charge in [0.25, 0.3) is 0 Å². The number of halogens is 1. The maximum absolute atomic E-state index is 12.6. The van der Waals surface area contributed by atoms with Crippen molar-refractivity contribution in [2.24, 2.45) is 5.92 Å². The minimum absolute atomic E-state index is 0.0736. The molecule has 0 saturated carbocycles. The van der Waals surface area contributed by atoms with Crippen molar-refractivity contribution in [3.05, 3.63) is 68.6 Å². The van der Waals surface area contributed by atoms with Crippen molar-refractivity contribution in [3.63, 3.8) is 0 Å². The van der Waals surface area contributed by atoms with Gasteiger partial charge in [-0.3, -0.25) is 4.79 Å².